The maximum Gasteiger partial charge on any atom is 0.160 e. The monoisotopic (exact) mass is 534 g/mol. The minimum Gasteiger partial charge on any atom is -0.236 e. The van der Waals surface area contributed by atoms with E-state index in [-0.39, 0.29) is 0 Å². The highest BCUT2D eigenvalue weighted by Gasteiger charge is 2.21. The van der Waals surface area contributed by atoms with E-state index in [1.165, 1.54) is 65.0 Å². The number of benzene rings is 7. The highest BCUT2D eigenvalue weighted by atomic mass is 14.9. The van der Waals surface area contributed by atoms with Crippen LogP contribution < -0.4 is 5.22 Å². The molecule has 0 unspecified atom stereocenters. The van der Waals surface area contributed by atoms with Crippen LogP contribution in [0.15, 0.2) is 128 Å². The minimum atomic E-state index is 0.747. The summed E-state index contributed by atoms with van der Waals surface area (Å²) in [6.07, 6.45) is 8.51. The van der Waals surface area contributed by atoms with Crippen molar-refractivity contribution in [1.29, 1.82) is 0 Å². The van der Waals surface area contributed by atoms with Crippen LogP contribution in [0.25, 0.3) is 82.8 Å². The molecule has 1 aromatic heterocycles. The first-order valence-corrected chi connectivity index (χ1v) is 14.6. The van der Waals surface area contributed by atoms with Gasteiger partial charge in [-0.15, -0.1) is 0 Å². The lowest BCUT2D eigenvalue weighted by Crippen LogP contribution is -2.10. The fourth-order valence-electron chi connectivity index (χ4n) is 7.12. The minimum absolute atomic E-state index is 0.747. The SMILES string of the molecule is C1=c2ccc3ccc(-c4c5ccccc5c(-c5ncc(-c6ccccc6)cn5)c5ccccc45)c4ccc(c2c34)CC1. The van der Waals surface area contributed by atoms with E-state index >= 15 is 0 Å². The molecule has 2 nitrogen and oxygen atoms in total. The molecule has 7 aromatic carbocycles. The van der Waals surface area contributed by atoms with Crippen LogP contribution >= 0.6 is 0 Å². The lowest BCUT2D eigenvalue weighted by molar-refractivity contribution is 1.04. The van der Waals surface area contributed by atoms with E-state index in [0.717, 1.165) is 35.4 Å². The van der Waals surface area contributed by atoms with Crippen molar-refractivity contribution in [2.45, 2.75) is 12.8 Å². The number of hydrogen-bond donors (Lipinski definition) is 0. The summed E-state index contributed by atoms with van der Waals surface area (Å²) >= 11 is 0. The molecule has 0 N–H and O–H groups in total. The summed E-state index contributed by atoms with van der Waals surface area (Å²) in [5, 5.41) is 11.6. The van der Waals surface area contributed by atoms with Gasteiger partial charge in [0.2, 0.25) is 0 Å². The van der Waals surface area contributed by atoms with Crippen molar-refractivity contribution in [2.75, 3.05) is 0 Å². The molecule has 0 amide bonds. The lowest BCUT2D eigenvalue weighted by Gasteiger charge is -2.20. The highest BCUT2D eigenvalue weighted by molar-refractivity contribution is 6.25. The first-order valence-electron chi connectivity index (χ1n) is 14.6. The molecular weight excluding hydrogens is 508 g/mol. The number of fused-ring (bicyclic) bond motifs is 2. The van der Waals surface area contributed by atoms with Gasteiger partial charge >= 0.3 is 0 Å². The lowest BCUT2D eigenvalue weighted by atomic mass is 9.83. The van der Waals surface area contributed by atoms with Crippen LogP contribution in [0.2, 0.25) is 0 Å². The number of aromatic nitrogens is 2. The summed E-state index contributed by atoms with van der Waals surface area (Å²) in [7, 11) is 0. The largest absolute Gasteiger partial charge is 0.236 e. The van der Waals surface area contributed by atoms with Gasteiger partial charge in [-0.3, -0.25) is 0 Å². The van der Waals surface area contributed by atoms with Crippen LogP contribution in [-0.2, 0) is 6.42 Å². The smallest absolute Gasteiger partial charge is 0.160 e. The molecule has 0 saturated heterocycles. The third-order valence-electron chi connectivity index (χ3n) is 8.99. The number of aryl methyl sites for hydroxylation is 1. The van der Waals surface area contributed by atoms with E-state index < -0.39 is 0 Å². The quantitative estimate of drug-likeness (QED) is 0.211. The van der Waals surface area contributed by atoms with Gasteiger partial charge < -0.3 is 0 Å². The van der Waals surface area contributed by atoms with Gasteiger partial charge in [0.25, 0.3) is 0 Å². The summed E-state index contributed by atoms with van der Waals surface area (Å²) in [6, 6.07) is 41.8. The zero-order valence-corrected chi connectivity index (χ0v) is 23.0. The van der Waals surface area contributed by atoms with Crippen molar-refractivity contribution in [2.24, 2.45) is 0 Å². The summed E-state index contributed by atoms with van der Waals surface area (Å²) in [5.41, 5.74) is 7.22. The summed E-state index contributed by atoms with van der Waals surface area (Å²) < 4.78 is 0. The van der Waals surface area contributed by atoms with Gasteiger partial charge in [0.1, 0.15) is 0 Å². The first-order chi connectivity index (χ1) is 20.8. The van der Waals surface area contributed by atoms with Crippen molar-refractivity contribution in [1.82, 2.24) is 9.97 Å². The molecule has 196 valence electrons. The maximum atomic E-state index is 4.93. The van der Waals surface area contributed by atoms with Crippen LogP contribution in [-0.4, -0.2) is 9.97 Å². The van der Waals surface area contributed by atoms with E-state index in [4.69, 9.17) is 9.97 Å². The molecular formula is C40H26N2. The van der Waals surface area contributed by atoms with E-state index in [1.54, 1.807) is 0 Å². The Bertz CT molecular complexity index is 2330. The third kappa shape index (κ3) is 3.39. The van der Waals surface area contributed by atoms with E-state index in [1.807, 2.05) is 30.6 Å². The molecule has 0 atom stereocenters. The molecule has 0 radical (unpaired) electrons. The Hall–Kier alpha value is -5.34. The van der Waals surface area contributed by atoms with Crippen LogP contribution in [0.3, 0.4) is 0 Å². The highest BCUT2D eigenvalue weighted by Crippen LogP contribution is 2.45. The standard InChI is InChI=1S/C40H26N2/c1-2-9-25(10-3-1)29-23-41-40(42-24-29)39-32-15-6-4-13-30(32)38(31-14-5-7-16-33(31)39)35-22-20-28-18-17-26-11-8-12-27-19-21-34(35)37(28)36(26)27/h1-7,9-11,13-24H,8,12H2. The summed E-state index contributed by atoms with van der Waals surface area (Å²) in [5.74, 6) is 0.747. The Morgan fingerprint density at radius 3 is 1.83 bits per heavy atom. The number of rotatable bonds is 3. The molecule has 1 aliphatic rings. The van der Waals surface area contributed by atoms with Crippen molar-refractivity contribution in [3.63, 3.8) is 0 Å². The fourth-order valence-corrected chi connectivity index (χ4v) is 7.12. The van der Waals surface area contributed by atoms with Crippen LogP contribution in [0, 0.1) is 0 Å². The second-order valence-electron chi connectivity index (χ2n) is 11.3. The van der Waals surface area contributed by atoms with Crippen molar-refractivity contribution >= 4 is 49.2 Å². The second-order valence-corrected chi connectivity index (χ2v) is 11.3. The molecule has 42 heavy (non-hydrogen) atoms. The Labute approximate surface area is 243 Å². The third-order valence-corrected chi connectivity index (χ3v) is 8.99. The molecule has 9 rings (SSSR count). The molecule has 1 aliphatic carbocycles. The van der Waals surface area contributed by atoms with Crippen molar-refractivity contribution in [3.05, 3.63) is 138 Å². The van der Waals surface area contributed by atoms with E-state index in [0.29, 0.717) is 0 Å². The van der Waals surface area contributed by atoms with Gasteiger partial charge in [-0.05, 0) is 83.4 Å². The molecule has 0 aliphatic heterocycles. The summed E-state index contributed by atoms with van der Waals surface area (Å²) in [6.45, 7) is 0. The Balaban J connectivity index is 1.36. The molecule has 0 saturated carbocycles. The molecule has 1 heterocycles. The van der Waals surface area contributed by atoms with E-state index in [2.05, 4.69) is 103 Å². The first kappa shape index (κ1) is 23.4. The zero-order valence-electron chi connectivity index (χ0n) is 23.0. The molecule has 0 fully saturated rings. The van der Waals surface area contributed by atoms with Gasteiger partial charge in [0.15, 0.2) is 5.82 Å². The maximum absolute atomic E-state index is 4.93. The average molecular weight is 535 g/mol. The molecule has 0 spiro atoms. The van der Waals surface area contributed by atoms with Crippen molar-refractivity contribution < 1.29 is 0 Å². The van der Waals surface area contributed by atoms with Gasteiger partial charge in [0.05, 0.1) is 0 Å². The topological polar surface area (TPSA) is 25.8 Å². The van der Waals surface area contributed by atoms with Crippen LogP contribution in [0.5, 0.6) is 0 Å². The summed E-state index contributed by atoms with van der Waals surface area (Å²) in [4.78, 5) is 9.86. The van der Waals surface area contributed by atoms with Gasteiger partial charge in [-0.1, -0.05) is 121 Å². The molecule has 8 aromatic rings. The Morgan fingerprint density at radius 1 is 0.476 bits per heavy atom. The van der Waals surface area contributed by atoms with Crippen molar-refractivity contribution in [3.8, 4) is 33.6 Å². The van der Waals surface area contributed by atoms with Gasteiger partial charge in [-0.2, -0.15) is 0 Å². The van der Waals surface area contributed by atoms with Gasteiger partial charge in [-0.25, -0.2) is 9.97 Å². The molecule has 0 bridgehead atoms. The second kappa shape index (κ2) is 9.09. The van der Waals surface area contributed by atoms with Gasteiger partial charge in [0, 0.05) is 23.5 Å². The normalized spacial score (nSPS) is 12.8. The predicted octanol–water partition coefficient (Wildman–Crippen LogP) is 9.54. The van der Waals surface area contributed by atoms with Crippen LogP contribution in [0.1, 0.15) is 12.0 Å². The Morgan fingerprint density at radius 2 is 1.12 bits per heavy atom. The average Bonchev–Trinajstić information content (AvgIpc) is 3.07. The van der Waals surface area contributed by atoms with E-state index in [9.17, 15) is 0 Å². The zero-order chi connectivity index (χ0) is 27.6. The molecule has 2 heteroatoms. The fraction of sp³-hybridized carbons (Fsp3) is 0.0500. The Kier molecular flexibility index (Phi) is 5.06. The predicted molar refractivity (Wildman–Crippen MR) is 176 cm³/mol. The number of hydrogen-bond acceptors (Lipinski definition) is 2. The van der Waals surface area contributed by atoms with Crippen LogP contribution in [0.4, 0.5) is 0 Å². The number of nitrogens with zero attached hydrogens (tertiary/aromatic N) is 2.